The third kappa shape index (κ3) is 4.69. The number of nitrogens with zero attached hydrogens (tertiary/aromatic N) is 4. The van der Waals surface area contributed by atoms with Crippen LogP contribution in [0.3, 0.4) is 0 Å². The van der Waals surface area contributed by atoms with Gasteiger partial charge in [0, 0.05) is 11.3 Å². The zero-order chi connectivity index (χ0) is 20.2. The Kier molecular flexibility index (Phi) is 7.03. The van der Waals surface area contributed by atoms with Gasteiger partial charge >= 0.3 is 6.18 Å². The summed E-state index contributed by atoms with van der Waals surface area (Å²) in [7, 11) is 0. The molecule has 11 heteroatoms. The number of rotatable bonds is 6. The van der Waals surface area contributed by atoms with Gasteiger partial charge in [0.1, 0.15) is 11.8 Å². The van der Waals surface area contributed by atoms with Crippen LogP contribution in [0.2, 0.25) is 10.0 Å². The molecule has 27 heavy (non-hydrogen) atoms. The highest BCUT2D eigenvalue weighted by atomic mass is 35.5. The molecule has 0 bridgehead atoms. The van der Waals surface area contributed by atoms with Gasteiger partial charge in [0.25, 0.3) is 0 Å². The third-order valence-corrected chi connectivity index (χ3v) is 4.48. The van der Waals surface area contributed by atoms with Gasteiger partial charge in [-0.2, -0.15) is 35.3 Å². The lowest BCUT2D eigenvalue weighted by molar-refractivity contribution is -0.137. The van der Waals surface area contributed by atoms with Crippen molar-refractivity contribution in [2.45, 2.75) is 18.9 Å². The van der Waals surface area contributed by atoms with Crippen LogP contribution in [0.25, 0.3) is 5.69 Å². The Morgan fingerprint density at radius 1 is 1.37 bits per heavy atom. The van der Waals surface area contributed by atoms with Crippen LogP contribution in [-0.2, 0) is 16.7 Å². The van der Waals surface area contributed by atoms with Crippen LogP contribution in [0, 0.1) is 11.3 Å². The third-order valence-electron chi connectivity index (χ3n) is 3.32. The van der Waals surface area contributed by atoms with Crippen molar-refractivity contribution in [3.05, 3.63) is 39.0 Å². The monoisotopic (exact) mass is 436 g/mol. The van der Waals surface area contributed by atoms with Crippen molar-refractivity contribution in [2.75, 3.05) is 12.9 Å². The van der Waals surface area contributed by atoms with E-state index in [-0.39, 0.29) is 27.2 Å². The van der Waals surface area contributed by atoms with Crippen molar-refractivity contribution >= 4 is 47.2 Å². The van der Waals surface area contributed by atoms with Gasteiger partial charge in [-0.1, -0.05) is 23.2 Å². The van der Waals surface area contributed by atoms with Crippen LogP contribution >= 0.6 is 35.0 Å². The van der Waals surface area contributed by atoms with Gasteiger partial charge in [0.05, 0.1) is 22.2 Å². The van der Waals surface area contributed by atoms with Gasteiger partial charge in [-0.25, -0.2) is 9.67 Å². The van der Waals surface area contributed by atoms with Crippen molar-refractivity contribution in [1.82, 2.24) is 9.78 Å². The first-order chi connectivity index (χ1) is 12.7. The lowest BCUT2D eigenvalue weighted by Crippen LogP contribution is -2.07. The number of aromatic nitrogens is 2. The minimum Gasteiger partial charge on any atom is -0.483 e. The molecule has 0 unspecified atom stereocenters. The average molecular weight is 437 g/mol. The minimum absolute atomic E-state index is 0.00108. The Labute approximate surface area is 167 Å². The molecule has 0 radical (unpaired) electrons. The van der Waals surface area contributed by atoms with E-state index in [2.05, 4.69) is 10.1 Å². The summed E-state index contributed by atoms with van der Waals surface area (Å²) >= 11 is 13.6. The maximum Gasteiger partial charge on any atom is 0.416 e. The summed E-state index contributed by atoms with van der Waals surface area (Å²) in [5.41, 5.74) is -0.426. The number of halogens is 5. The minimum atomic E-state index is -4.60. The average Bonchev–Trinajstić information content (AvgIpc) is 2.92. The molecule has 0 saturated heterocycles. The summed E-state index contributed by atoms with van der Waals surface area (Å²) in [6.07, 6.45) is -1.61. The van der Waals surface area contributed by atoms with E-state index in [1.807, 2.05) is 12.3 Å². The van der Waals surface area contributed by atoms with Gasteiger partial charge in [0.2, 0.25) is 0 Å². The van der Waals surface area contributed by atoms with E-state index >= 15 is 0 Å². The second-order valence-electron chi connectivity index (χ2n) is 5.08. The van der Waals surface area contributed by atoms with Crippen molar-refractivity contribution in [3.63, 3.8) is 0 Å². The molecule has 0 aliphatic carbocycles. The highest BCUT2D eigenvalue weighted by Crippen LogP contribution is 2.40. The molecule has 0 aliphatic rings. The van der Waals surface area contributed by atoms with Crippen molar-refractivity contribution < 1.29 is 17.9 Å². The summed E-state index contributed by atoms with van der Waals surface area (Å²) in [6, 6.07) is 3.45. The van der Waals surface area contributed by atoms with Crippen LogP contribution in [0.1, 0.15) is 23.7 Å². The molecule has 5 nitrogen and oxygen atoms in total. The zero-order valence-corrected chi connectivity index (χ0v) is 16.5. The van der Waals surface area contributed by atoms with Crippen LogP contribution in [0.5, 0.6) is 0 Å². The molecule has 2 aromatic rings. The van der Waals surface area contributed by atoms with Gasteiger partial charge < -0.3 is 4.74 Å². The van der Waals surface area contributed by atoms with Gasteiger partial charge in [-0.3, -0.25) is 0 Å². The molecule has 0 fully saturated rings. The number of benzene rings is 1. The Bertz CT molecular complexity index is 883. The van der Waals surface area contributed by atoms with E-state index in [1.165, 1.54) is 18.2 Å². The molecular formula is C16H13Cl2F3N4OS. The first kappa shape index (κ1) is 21.4. The van der Waals surface area contributed by atoms with E-state index in [0.717, 1.165) is 16.8 Å². The van der Waals surface area contributed by atoms with E-state index in [1.54, 1.807) is 6.92 Å². The van der Waals surface area contributed by atoms with Crippen LogP contribution in [0.4, 0.5) is 19.0 Å². The number of alkyl halides is 3. The normalized spacial score (nSPS) is 11.8. The highest BCUT2D eigenvalue weighted by molar-refractivity contribution is 7.97. The van der Waals surface area contributed by atoms with E-state index in [9.17, 15) is 18.4 Å². The molecular weight excluding hydrogens is 424 g/mol. The molecule has 0 N–H and O–H groups in total. The Balaban J connectivity index is 2.73. The van der Waals surface area contributed by atoms with Crippen LogP contribution < -0.4 is 0 Å². The predicted octanol–water partition coefficient (Wildman–Crippen LogP) is 5.63. The van der Waals surface area contributed by atoms with E-state index in [0.29, 0.717) is 17.9 Å². The molecule has 1 aromatic carbocycles. The largest absolute Gasteiger partial charge is 0.483 e. The smallest absolute Gasteiger partial charge is 0.416 e. The number of ether oxygens (including phenoxy) is 1. The lowest BCUT2D eigenvalue weighted by Gasteiger charge is -2.13. The Morgan fingerprint density at radius 3 is 2.48 bits per heavy atom. The quantitative estimate of drug-likeness (QED) is 0.434. The number of thioether (sulfide) groups is 1. The molecule has 0 aliphatic heterocycles. The standard InChI is InChI=1S/C16H13Cl2F3N4OS/c1-3-26-8-23-15-10(7-27-2)13(6-22)24-25(15)14-11(17)4-9(5-12(14)18)16(19,20)21/h4-5,8H,3,7H2,1-2H3. The van der Waals surface area contributed by atoms with Crippen molar-refractivity contribution in [3.8, 4) is 11.8 Å². The maximum atomic E-state index is 13.0. The summed E-state index contributed by atoms with van der Waals surface area (Å²) in [5, 5.41) is 12.9. The second-order valence-corrected chi connectivity index (χ2v) is 6.76. The molecule has 0 amide bonds. The first-order valence-corrected chi connectivity index (χ1v) is 9.61. The zero-order valence-electron chi connectivity index (χ0n) is 14.1. The lowest BCUT2D eigenvalue weighted by atomic mass is 10.2. The SMILES string of the molecule is CCOC=Nc1c(CSC)c(C#N)nn1-c1c(Cl)cc(C(F)(F)F)cc1Cl. The highest BCUT2D eigenvalue weighted by Gasteiger charge is 2.33. The molecule has 1 aromatic heterocycles. The number of hydrogen-bond acceptors (Lipinski definition) is 5. The fourth-order valence-electron chi connectivity index (χ4n) is 2.19. The number of nitriles is 1. The van der Waals surface area contributed by atoms with Gasteiger partial charge in [-0.15, -0.1) is 0 Å². The number of hydrogen-bond donors (Lipinski definition) is 0. The summed E-state index contributed by atoms with van der Waals surface area (Å²) in [5.74, 6) is 0.607. The van der Waals surface area contributed by atoms with Crippen LogP contribution in [0.15, 0.2) is 17.1 Å². The Hall–Kier alpha value is -1.89. The fraction of sp³-hybridized carbons (Fsp3) is 0.312. The van der Waals surface area contributed by atoms with Crippen molar-refractivity contribution in [2.24, 2.45) is 4.99 Å². The molecule has 144 valence electrons. The molecule has 2 rings (SSSR count). The second kappa shape index (κ2) is 8.87. The van der Waals surface area contributed by atoms with E-state index < -0.39 is 11.7 Å². The summed E-state index contributed by atoms with van der Waals surface area (Å²) < 4.78 is 45.1. The van der Waals surface area contributed by atoms with E-state index in [4.69, 9.17) is 27.9 Å². The fourth-order valence-corrected chi connectivity index (χ4v) is 3.39. The number of aliphatic imine (C=N–C) groups is 1. The molecule has 1 heterocycles. The predicted molar refractivity (Wildman–Crippen MR) is 100 cm³/mol. The molecule has 0 saturated carbocycles. The van der Waals surface area contributed by atoms with Gasteiger partial charge in [0.15, 0.2) is 17.9 Å². The van der Waals surface area contributed by atoms with Crippen LogP contribution in [-0.4, -0.2) is 29.0 Å². The summed E-state index contributed by atoms with van der Waals surface area (Å²) in [4.78, 5) is 4.16. The molecule has 0 spiro atoms. The molecule has 0 atom stereocenters. The van der Waals surface area contributed by atoms with Gasteiger partial charge in [-0.05, 0) is 25.3 Å². The topological polar surface area (TPSA) is 63.2 Å². The maximum absolute atomic E-state index is 13.0. The Morgan fingerprint density at radius 2 is 2.00 bits per heavy atom. The van der Waals surface area contributed by atoms with Crippen molar-refractivity contribution in [1.29, 1.82) is 5.26 Å². The summed E-state index contributed by atoms with van der Waals surface area (Å²) in [6.45, 7) is 2.12. The first-order valence-electron chi connectivity index (χ1n) is 7.46.